The molecule has 0 saturated carbocycles. The number of aromatic nitrogens is 1. The molecule has 2 N–H and O–H groups in total. The van der Waals surface area contributed by atoms with Crippen molar-refractivity contribution >= 4 is 21.7 Å². The first-order chi connectivity index (χ1) is 9.84. The van der Waals surface area contributed by atoms with Gasteiger partial charge in [0.05, 0.1) is 0 Å². The SMILES string of the molecule is CNC(c1cc(Cl)cc(C)c1-c1cccnc1)S(=O)(=O)O. The molecule has 0 radical (unpaired) electrons. The number of aryl methyl sites for hydroxylation is 1. The van der Waals surface area contributed by atoms with Crippen molar-refractivity contribution < 1.29 is 13.0 Å². The van der Waals surface area contributed by atoms with Gasteiger partial charge in [-0.2, -0.15) is 8.42 Å². The fourth-order valence-electron chi connectivity index (χ4n) is 2.35. The van der Waals surface area contributed by atoms with Crippen molar-refractivity contribution in [1.82, 2.24) is 10.3 Å². The number of nitrogens with zero attached hydrogens (tertiary/aromatic N) is 1. The molecular formula is C14H15ClN2O3S. The van der Waals surface area contributed by atoms with Crippen LogP contribution in [-0.4, -0.2) is 25.0 Å². The second-order valence-electron chi connectivity index (χ2n) is 4.61. The van der Waals surface area contributed by atoms with E-state index < -0.39 is 15.5 Å². The molecule has 1 atom stereocenters. The van der Waals surface area contributed by atoms with E-state index in [2.05, 4.69) is 10.3 Å². The number of hydrogen-bond acceptors (Lipinski definition) is 4. The van der Waals surface area contributed by atoms with Crippen LogP contribution >= 0.6 is 11.6 Å². The van der Waals surface area contributed by atoms with E-state index in [0.717, 1.165) is 11.1 Å². The summed E-state index contributed by atoms with van der Waals surface area (Å²) in [4.78, 5) is 4.05. The lowest BCUT2D eigenvalue weighted by atomic mass is 9.96. The van der Waals surface area contributed by atoms with E-state index in [-0.39, 0.29) is 0 Å². The maximum atomic E-state index is 11.6. The molecule has 21 heavy (non-hydrogen) atoms. The van der Waals surface area contributed by atoms with Gasteiger partial charge in [-0.05, 0) is 48.9 Å². The van der Waals surface area contributed by atoms with E-state index in [1.54, 1.807) is 24.5 Å². The summed E-state index contributed by atoms with van der Waals surface area (Å²) in [5.41, 5.74) is 2.63. The molecule has 0 saturated heterocycles. The average molecular weight is 327 g/mol. The minimum Gasteiger partial charge on any atom is -0.298 e. The van der Waals surface area contributed by atoms with Gasteiger partial charge in [-0.15, -0.1) is 0 Å². The van der Waals surface area contributed by atoms with Crippen LogP contribution in [0.5, 0.6) is 0 Å². The molecule has 0 aliphatic heterocycles. The number of rotatable bonds is 4. The fourth-order valence-corrected chi connectivity index (χ4v) is 3.43. The van der Waals surface area contributed by atoms with E-state index >= 15 is 0 Å². The molecule has 7 heteroatoms. The first-order valence-corrected chi connectivity index (χ1v) is 8.06. The lowest BCUT2D eigenvalue weighted by Crippen LogP contribution is -2.26. The standard InChI is InChI=1S/C14H15ClN2O3S/c1-9-6-11(15)7-12(14(16-2)21(18,19)20)13(9)10-4-3-5-17-8-10/h3-8,14,16H,1-2H3,(H,18,19,20). The van der Waals surface area contributed by atoms with Crippen LogP contribution in [0.2, 0.25) is 5.02 Å². The van der Waals surface area contributed by atoms with Gasteiger partial charge < -0.3 is 0 Å². The van der Waals surface area contributed by atoms with Gasteiger partial charge in [-0.3, -0.25) is 14.9 Å². The smallest absolute Gasteiger partial charge is 0.285 e. The van der Waals surface area contributed by atoms with Crippen molar-refractivity contribution in [3.63, 3.8) is 0 Å². The molecule has 1 heterocycles. The van der Waals surface area contributed by atoms with Crippen molar-refractivity contribution in [2.24, 2.45) is 0 Å². The third kappa shape index (κ3) is 3.41. The van der Waals surface area contributed by atoms with E-state index in [9.17, 15) is 13.0 Å². The lowest BCUT2D eigenvalue weighted by molar-refractivity contribution is 0.460. The van der Waals surface area contributed by atoms with Gasteiger partial charge in [-0.1, -0.05) is 17.7 Å². The Kier molecular flexibility index (Phi) is 4.63. The van der Waals surface area contributed by atoms with Gasteiger partial charge in [0.15, 0.2) is 5.37 Å². The Balaban J connectivity index is 2.76. The number of hydrogen-bond donors (Lipinski definition) is 2. The van der Waals surface area contributed by atoms with Gasteiger partial charge in [0.1, 0.15) is 0 Å². The van der Waals surface area contributed by atoms with Crippen LogP contribution in [0.15, 0.2) is 36.7 Å². The van der Waals surface area contributed by atoms with E-state index in [1.165, 1.54) is 13.1 Å². The molecule has 2 rings (SSSR count). The van der Waals surface area contributed by atoms with Gasteiger partial charge in [0, 0.05) is 23.0 Å². The molecule has 1 aromatic carbocycles. The Morgan fingerprint density at radius 1 is 1.38 bits per heavy atom. The highest BCUT2D eigenvalue weighted by molar-refractivity contribution is 7.86. The summed E-state index contributed by atoms with van der Waals surface area (Å²) in [5.74, 6) is 0. The van der Waals surface area contributed by atoms with Gasteiger partial charge in [-0.25, -0.2) is 0 Å². The number of halogens is 1. The monoisotopic (exact) mass is 326 g/mol. The Morgan fingerprint density at radius 2 is 2.10 bits per heavy atom. The molecule has 0 aliphatic carbocycles. The minimum absolute atomic E-state index is 0.387. The molecule has 5 nitrogen and oxygen atoms in total. The Labute approximate surface area is 128 Å². The maximum Gasteiger partial charge on any atom is 0.285 e. The molecule has 1 unspecified atom stereocenters. The summed E-state index contributed by atoms with van der Waals surface area (Å²) >= 11 is 6.04. The lowest BCUT2D eigenvalue weighted by Gasteiger charge is -2.20. The Bertz CT molecular complexity index is 748. The molecule has 0 spiro atoms. The van der Waals surface area contributed by atoms with Crippen LogP contribution in [-0.2, 0) is 10.1 Å². The summed E-state index contributed by atoms with van der Waals surface area (Å²) in [6.07, 6.45) is 3.27. The van der Waals surface area contributed by atoms with Crippen LogP contribution < -0.4 is 5.32 Å². The first-order valence-electron chi connectivity index (χ1n) is 6.18. The highest BCUT2D eigenvalue weighted by atomic mass is 35.5. The molecule has 0 amide bonds. The largest absolute Gasteiger partial charge is 0.298 e. The van der Waals surface area contributed by atoms with Crippen molar-refractivity contribution in [2.45, 2.75) is 12.3 Å². The van der Waals surface area contributed by atoms with Crippen molar-refractivity contribution in [3.05, 3.63) is 52.8 Å². The zero-order valence-corrected chi connectivity index (χ0v) is 13.1. The van der Waals surface area contributed by atoms with Gasteiger partial charge >= 0.3 is 0 Å². The first kappa shape index (κ1) is 15.9. The topological polar surface area (TPSA) is 79.3 Å². The number of pyridine rings is 1. The van der Waals surface area contributed by atoms with Gasteiger partial charge in [0.2, 0.25) is 0 Å². The Morgan fingerprint density at radius 3 is 2.62 bits per heavy atom. The van der Waals surface area contributed by atoms with Crippen LogP contribution in [0.1, 0.15) is 16.5 Å². The van der Waals surface area contributed by atoms with Crippen LogP contribution in [0.25, 0.3) is 11.1 Å². The molecular weight excluding hydrogens is 312 g/mol. The van der Waals surface area contributed by atoms with Crippen LogP contribution in [0, 0.1) is 6.92 Å². The molecule has 0 fully saturated rings. The Hall–Kier alpha value is -1.47. The normalized spacial score (nSPS) is 13.1. The van der Waals surface area contributed by atoms with Crippen molar-refractivity contribution in [3.8, 4) is 11.1 Å². The summed E-state index contributed by atoms with van der Waals surface area (Å²) in [6.45, 7) is 1.83. The van der Waals surface area contributed by atoms with E-state index in [1.807, 2.05) is 13.0 Å². The van der Waals surface area contributed by atoms with Gasteiger partial charge in [0.25, 0.3) is 10.1 Å². The summed E-state index contributed by atoms with van der Waals surface area (Å²) in [7, 11) is -2.86. The predicted molar refractivity (Wildman–Crippen MR) is 82.8 cm³/mol. The van der Waals surface area contributed by atoms with Crippen LogP contribution in [0.4, 0.5) is 0 Å². The average Bonchev–Trinajstić information content (AvgIpc) is 2.38. The highest BCUT2D eigenvalue weighted by Gasteiger charge is 2.27. The maximum absolute atomic E-state index is 11.6. The third-order valence-electron chi connectivity index (χ3n) is 3.12. The molecule has 0 aliphatic rings. The second-order valence-corrected chi connectivity index (χ2v) is 6.55. The van der Waals surface area contributed by atoms with E-state index in [4.69, 9.17) is 11.6 Å². The predicted octanol–water partition coefficient (Wildman–Crippen LogP) is 2.82. The van der Waals surface area contributed by atoms with Crippen molar-refractivity contribution in [1.29, 1.82) is 0 Å². The zero-order valence-electron chi connectivity index (χ0n) is 11.5. The second kappa shape index (κ2) is 6.11. The molecule has 2 aromatic rings. The number of benzene rings is 1. The fraction of sp³-hybridized carbons (Fsp3) is 0.214. The molecule has 0 bridgehead atoms. The molecule has 112 valence electrons. The number of nitrogens with one attached hydrogen (secondary N) is 1. The summed E-state index contributed by atoms with van der Waals surface area (Å²) in [6, 6.07) is 6.86. The third-order valence-corrected chi connectivity index (χ3v) is 4.43. The highest BCUT2D eigenvalue weighted by Crippen LogP contribution is 2.35. The summed E-state index contributed by atoms with van der Waals surface area (Å²) in [5, 5.41) is 1.75. The van der Waals surface area contributed by atoms with E-state index in [0.29, 0.717) is 16.1 Å². The van der Waals surface area contributed by atoms with Crippen molar-refractivity contribution in [2.75, 3.05) is 7.05 Å². The quantitative estimate of drug-likeness (QED) is 0.845. The zero-order chi connectivity index (χ0) is 15.6. The minimum atomic E-state index is -4.32. The van der Waals surface area contributed by atoms with Crippen LogP contribution in [0.3, 0.4) is 0 Å². The summed E-state index contributed by atoms with van der Waals surface area (Å²) < 4.78 is 32.6. The molecule has 1 aromatic heterocycles.